The third kappa shape index (κ3) is 5.05. The first-order valence-electron chi connectivity index (χ1n) is 11.5. The van der Waals surface area contributed by atoms with Gasteiger partial charge in [-0.1, -0.05) is 6.07 Å². The van der Waals surface area contributed by atoms with E-state index in [1.54, 1.807) is 24.1 Å². The number of imidazole rings is 1. The molecule has 1 aromatic heterocycles. The predicted octanol–water partition coefficient (Wildman–Crippen LogP) is 3.96. The number of amides is 2. The maximum Gasteiger partial charge on any atom is 0.222 e. The van der Waals surface area contributed by atoms with Crippen LogP contribution in [0, 0.1) is 19.7 Å². The number of benzene rings is 2. The normalized spacial score (nSPS) is 17.7. The summed E-state index contributed by atoms with van der Waals surface area (Å²) >= 11 is 0. The van der Waals surface area contributed by atoms with Crippen LogP contribution in [0.5, 0.6) is 5.75 Å². The predicted molar refractivity (Wildman–Crippen MR) is 128 cm³/mol. The van der Waals surface area contributed by atoms with Gasteiger partial charge in [-0.05, 0) is 68.0 Å². The number of fused-ring (bicyclic) bond motifs is 1. The van der Waals surface area contributed by atoms with E-state index in [0.29, 0.717) is 43.5 Å². The Balaban J connectivity index is 1.42. The maximum atomic E-state index is 14.6. The number of ether oxygens (including phenoxy) is 1. The smallest absolute Gasteiger partial charge is 0.222 e. The lowest BCUT2D eigenvalue weighted by Gasteiger charge is -2.30. The second-order valence-electron chi connectivity index (χ2n) is 9.35. The van der Waals surface area contributed by atoms with E-state index in [2.05, 4.69) is 28.3 Å². The Kier molecular flexibility index (Phi) is 6.59. The van der Waals surface area contributed by atoms with Gasteiger partial charge in [0.15, 0.2) is 0 Å². The molecule has 3 aromatic rings. The minimum Gasteiger partial charge on any atom is -0.497 e. The molecule has 1 fully saturated rings. The van der Waals surface area contributed by atoms with Gasteiger partial charge in [-0.15, -0.1) is 0 Å². The van der Waals surface area contributed by atoms with E-state index in [4.69, 9.17) is 4.74 Å². The Hall–Kier alpha value is -3.42. The molecule has 2 heterocycles. The van der Waals surface area contributed by atoms with E-state index >= 15 is 0 Å². The van der Waals surface area contributed by atoms with Crippen molar-refractivity contribution in [1.29, 1.82) is 0 Å². The Morgan fingerprint density at radius 2 is 2.00 bits per heavy atom. The molecular weight excluding hydrogens is 435 g/mol. The van der Waals surface area contributed by atoms with Gasteiger partial charge in [-0.3, -0.25) is 9.59 Å². The number of aromatic nitrogens is 2. The Labute approximate surface area is 198 Å². The zero-order valence-corrected chi connectivity index (χ0v) is 20.1. The molecule has 0 saturated carbocycles. The summed E-state index contributed by atoms with van der Waals surface area (Å²) in [4.78, 5) is 34.5. The Bertz CT molecular complexity index is 1200. The van der Waals surface area contributed by atoms with Crippen LogP contribution in [-0.2, 0) is 22.6 Å². The summed E-state index contributed by atoms with van der Waals surface area (Å²) in [5.74, 6) is 0.670. The number of hydrogen-bond acceptors (Lipinski definition) is 4. The molecule has 7 nitrogen and oxygen atoms in total. The summed E-state index contributed by atoms with van der Waals surface area (Å²) < 4.78 is 19.7. The van der Waals surface area contributed by atoms with Crippen LogP contribution in [0.25, 0.3) is 11.0 Å². The van der Waals surface area contributed by atoms with Gasteiger partial charge in [0, 0.05) is 31.5 Å². The second kappa shape index (κ2) is 9.44. The van der Waals surface area contributed by atoms with Gasteiger partial charge in [-0.25, -0.2) is 9.37 Å². The van der Waals surface area contributed by atoms with Gasteiger partial charge in [0.25, 0.3) is 0 Å². The molecule has 0 radical (unpaired) electrons. The summed E-state index contributed by atoms with van der Waals surface area (Å²) in [6, 6.07) is 8.83. The molecular formula is C26H31FN4O3. The summed E-state index contributed by atoms with van der Waals surface area (Å²) in [6.07, 6.45) is 1.95. The van der Waals surface area contributed by atoms with Crippen molar-refractivity contribution in [3.8, 4) is 5.75 Å². The first kappa shape index (κ1) is 23.7. The van der Waals surface area contributed by atoms with Crippen molar-refractivity contribution in [2.45, 2.75) is 58.0 Å². The van der Waals surface area contributed by atoms with Crippen LogP contribution in [0.3, 0.4) is 0 Å². The molecule has 4 rings (SSSR count). The minimum absolute atomic E-state index is 0.0523. The highest BCUT2D eigenvalue weighted by Crippen LogP contribution is 2.31. The molecule has 0 spiro atoms. The van der Waals surface area contributed by atoms with Crippen molar-refractivity contribution >= 4 is 22.8 Å². The minimum atomic E-state index is -0.641. The molecule has 1 saturated heterocycles. The second-order valence-corrected chi connectivity index (χ2v) is 9.35. The van der Waals surface area contributed by atoms with Crippen LogP contribution in [0.2, 0.25) is 0 Å². The van der Waals surface area contributed by atoms with Crippen molar-refractivity contribution in [3.63, 3.8) is 0 Å². The van der Waals surface area contributed by atoms with E-state index in [9.17, 15) is 14.0 Å². The Morgan fingerprint density at radius 1 is 1.24 bits per heavy atom. The van der Waals surface area contributed by atoms with Gasteiger partial charge in [-0.2, -0.15) is 0 Å². The lowest BCUT2D eigenvalue weighted by atomic mass is 9.84. The molecule has 2 N–H and O–H groups in total. The molecule has 1 atom stereocenters. The summed E-state index contributed by atoms with van der Waals surface area (Å²) in [5.41, 5.74) is 4.05. The zero-order valence-electron chi connectivity index (χ0n) is 20.1. The first-order chi connectivity index (χ1) is 16.2. The van der Waals surface area contributed by atoms with Crippen molar-refractivity contribution in [1.82, 2.24) is 20.2 Å². The van der Waals surface area contributed by atoms with Gasteiger partial charge >= 0.3 is 0 Å². The molecule has 0 unspecified atom stereocenters. The number of nitrogens with one attached hydrogen (secondary N) is 2. The number of rotatable bonds is 8. The first-order valence-corrected chi connectivity index (χ1v) is 11.5. The van der Waals surface area contributed by atoms with E-state index in [1.165, 1.54) is 24.3 Å². The summed E-state index contributed by atoms with van der Waals surface area (Å²) in [5, 5.41) is 3.02. The molecule has 1 aliphatic rings. The van der Waals surface area contributed by atoms with Gasteiger partial charge in [0.2, 0.25) is 11.8 Å². The molecule has 2 aromatic carbocycles. The molecule has 0 bridgehead atoms. The SMILES string of the molecule is COc1ccc(C[C@]2(CCC(=O)N(C)Cc3nc4cc(C)c(C)cc4[nH]3)CCC(=O)N2)c(F)c1. The zero-order chi connectivity index (χ0) is 24.5. The summed E-state index contributed by atoms with van der Waals surface area (Å²) in [7, 11) is 3.23. The lowest BCUT2D eigenvalue weighted by Crippen LogP contribution is -2.44. The fourth-order valence-electron chi connectivity index (χ4n) is 4.59. The van der Waals surface area contributed by atoms with Crippen LogP contribution in [0.1, 0.15) is 48.2 Å². The number of nitrogens with zero attached hydrogens (tertiary/aromatic N) is 2. The van der Waals surface area contributed by atoms with E-state index in [-0.39, 0.29) is 24.1 Å². The van der Waals surface area contributed by atoms with Crippen molar-refractivity contribution < 1.29 is 18.7 Å². The quantitative estimate of drug-likeness (QED) is 0.526. The topological polar surface area (TPSA) is 87.3 Å². The van der Waals surface area contributed by atoms with Crippen molar-refractivity contribution in [3.05, 3.63) is 58.7 Å². The largest absolute Gasteiger partial charge is 0.497 e. The van der Waals surface area contributed by atoms with Gasteiger partial charge < -0.3 is 19.9 Å². The van der Waals surface area contributed by atoms with Gasteiger partial charge in [0.05, 0.1) is 24.7 Å². The van der Waals surface area contributed by atoms with Crippen molar-refractivity contribution in [2.75, 3.05) is 14.2 Å². The number of halogens is 1. The Morgan fingerprint density at radius 3 is 2.68 bits per heavy atom. The van der Waals surface area contributed by atoms with Crippen LogP contribution >= 0.6 is 0 Å². The van der Waals surface area contributed by atoms with Crippen LogP contribution in [0.4, 0.5) is 4.39 Å². The van der Waals surface area contributed by atoms with Crippen LogP contribution in [-0.4, -0.2) is 46.4 Å². The number of aromatic amines is 1. The molecule has 0 aliphatic carbocycles. The number of aryl methyl sites for hydroxylation is 2. The molecule has 180 valence electrons. The van der Waals surface area contributed by atoms with Crippen LogP contribution in [0.15, 0.2) is 30.3 Å². The standard InChI is InChI=1S/C26H31FN4O3/c1-16-11-21-22(12-17(16)2)29-23(28-21)15-31(3)25(33)8-10-26(9-7-24(32)30-26)14-18-5-6-19(34-4)13-20(18)27/h5-6,11-13H,7-10,14-15H2,1-4H3,(H,28,29)(H,30,32)/t26-/m1/s1. The van der Waals surface area contributed by atoms with E-state index in [1.807, 2.05) is 13.0 Å². The van der Waals surface area contributed by atoms with E-state index < -0.39 is 5.54 Å². The van der Waals surface area contributed by atoms with E-state index in [0.717, 1.165) is 16.9 Å². The lowest BCUT2D eigenvalue weighted by molar-refractivity contribution is -0.131. The molecule has 34 heavy (non-hydrogen) atoms. The fraction of sp³-hybridized carbons (Fsp3) is 0.423. The average Bonchev–Trinajstić information content (AvgIpc) is 3.36. The highest BCUT2D eigenvalue weighted by atomic mass is 19.1. The number of methoxy groups -OCH3 is 1. The van der Waals surface area contributed by atoms with Crippen LogP contribution < -0.4 is 10.1 Å². The van der Waals surface area contributed by atoms with Crippen molar-refractivity contribution in [2.24, 2.45) is 0 Å². The number of carbonyl (C=O) groups is 2. The fourth-order valence-corrected chi connectivity index (χ4v) is 4.59. The average molecular weight is 467 g/mol. The van der Waals surface area contributed by atoms with Gasteiger partial charge in [0.1, 0.15) is 17.4 Å². The highest BCUT2D eigenvalue weighted by molar-refractivity contribution is 5.80. The molecule has 8 heteroatoms. The maximum absolute atomic E-state index is 14.6. The monoisotopic (exact) mass is 466 g/mol. The number of H-pyrrole nitrogens is 1. The number of carbonyl (C=O) groups excluding carboxylic acids is 2. The number of hydrogen-bond donors (Lipinski definition) is 2. The third-order valence-corrected chi connectivity index (χ3v) is 6.80. The molecule has 1 aliphatic heterocycles. The summed E-state index contributed by atoms with van der Waals surface area (Å²) in [6.45, 7) is 4.46. The third-order valence-electron chi connectivity index (χ3n) is 6.80. The highest BCUT2D eigenvalue weighted by Gasteiger charge is 2.38. The molecule has 2 amide bonds.